The average molecular weight is 481 g/mol. The molecule has 4 rings (SSSR count). The Balaban J connectivity index is 1.61. The van der Waals surface area contributed by atoms with Gasteiger partial charge in [-0.2, -0.15) is 0 Å². The molecule has 0 aliphatic heterocycles. The largest absolute Gasteiger partial charge is 0.361 e. The number of rotatable bonds is 8. The van der Waals surface area contributed by atoms with Gasteiger partial charge in [0.25, 0.3) is 0 Å². The summed E-state index contributed by atoms with van der Waals surface area (Å²) in [5.74, 6) is 0. The van der Waals surface area contributed by atoms with Crippen molar-refractivity contribution in [1.82, 2.24) is 9.55 Å². The van der Waals surface area contributed by atoms with Crippen LogP contribution in [-0.2, 0) is 11.5 Å². The molecular weight excluding hydrogens is 452 g/mol. The maximum absolute atomic E-state index is 6.76. The Labute approximate surface area is 200 Å². The minimum atomic E-state index is -1.11. The molecule has 1 heterocycles. The molecule has 32 heavy (non-hydrogen) atoms. The van der Waals surface area contributed by atoms with Crippen LogP contribution in [0.2, 0.25) is 30.7 Å². The van der Waals surface area contributed by atoms with Gasteiger partial charge >= 0.3 is 0 Å². The third-order valence-corrected chi connectivity index (χ3v) is 8.20. The number of aromatic nitrogens is 2. The summed E-state index contributed by atoms with van der Waals surface area (Å²) in [6.07, 6.45) is 2.05. The second kappa shape index (κ2) is 9.83. The lowest BCUT2D eigenvalue weighted by Crippen LogP contribution is -2.22. The second-order valence-corrected chi connectivity index (χ2v) is 15.9. The monoisotopic (exact) mass is 480 g/mol. The SMILES string of the molecule is CSc1nc2cc(-c3ccc(-c4ccccc4)cc3)c(Cl)cc2n1COCC[Si](C)(C)C. The Bertz CT molecular complexity index is 1200. The molecule has 1 aromatic heterocycles. The highest BCUT2D eigenvalue weighted by molar-refractivity contribution is 7.98. The lowest BCUT2D eigenvalue weighted by atomic mass is 10.00. The van der Waals surface area contributed by atoms with Crippen molar-refractivity contribution < 1.29 is 4.74 Å². The summed E-state index contributed by atoms with van der Waals surface area (Å²) < 4.78 is 8.14. The number of hydrogen-bond donors (Lipinski definition) is 0. The number of hydrogen-bond acceptors (Lipinski definition) is 3. The molecule has 0 N–H and O–H groups in total. The second-order valence-electron chi connectivity index (χ2n) is 9.14. The van der Waals surface area contributed by atoms with E-state index in [9.17, 15) is 0 Å². The molecule has 0 bridgehead atoms. The summed E-state index contributed by atoms with van der Waals surface area (Å²) in [6.45, 7) is 8.37. The van der Waals surface area contributed by atoms with Gasteiger partial charge in [0, 0.05) is 20.2 Å². The van der Waals surface area contributed by atoms with Crippen molar-refractivity contribution in [3.8, 4) is 22.3 Å². The van der Waals surface area contributed by atoms with Crippen LogP contribution >= 0.6 is 23.4 Å². The molecular formula is C26H29ClN2OSSi. The van der Waals surface area contributed by atoms with Gasteiger partial charge in [-0.3, -0.25) is 4.57 Å². The Morgan fingerprint density at radius 1 is 0.938 bits per heavy atom. The van der Waals surface area contributed by atoms with Crippen molar-refractivity contribution >= 4 is 42.5 Å². The highest BCUT2D eigenvalue weighted by Gasteiger charge is 2.16. The molecule has 0 aliphatic carbocycles. The van der Waals surface area contributed by atoms with E-state index in [2.05, 4.69) is 78.8 Å². The molecule has 0 atom stereocenters. The van der Waals surface area contributed by atoms with E-state index in [4.69, 9.17) is 21.3 Å². The van der Waals surface area contributed by atoms with Crippen molar-refractivity contribution in [3.05, 3.63) is 71.8 Å². The van der Waals surface area contributed by atoms with E-state index in [1.54, 1.807) is 11.8 Å². The van der Waals surface area contributed by atoms with Crippen LogP contribution in [0.4, 0.5) is 0 Å². The molecule has 0 saturated heterocycles. The zero-order valence-electron chi connectivity index (χ0n) is 19.1. The van der Waals surface area contributed by atoms with Crippen molar-refractivity contribution in [2.24, 2.45) is 0 Å². The van der Waals surface area contributed by atoms with Gasteiger partial charge in [-0.25, -0.2) is 4.98 Å². The molecule has 0 saturated carbocycles. The normalized spacial score (nSPS) is 11.9. The summed E-state index contributed by atoms with van der Waals surface area (Å²) in [5, 5.41) is 1.67. The van der Waals surface area contributed by atoms with Crippen molar-refractivity contribution in [2.45, 2.75) is 37.6 Å². The standard InChI is InChI=1S/C26H29ClN2OSSi/c1-31-26-28-24-16-22(21-12-10-20(11-13-21)19-8-6-5-7-9-19)23(27)17-25(24)29(26)18-30-14-15-32(2,3)4/h5-13,16-17H,14-15,18H2,1-4H3. The lowest BCUT2D eigenvalue weighted by Gasteiger charge is -2.16. The van der Waals surface area contributed by atoms with Gasteiger partial charge < -0.3 is 4.74 Å². The van der Waals surface area contributed by atoms with Crippen molar-refractivity contribution in [3.63, 3.8) is 0 Å². The number of halogens is 1. The fourth-order valence-corrected chi connectivity index (χ4v) is 5.22. The molecule has 0 amide bonds. The average Bonchev–Trinajstić information content (AvgIpc) is 3.12. The summed E-state index contributed by atoms with van der Waals surface area (Å²) in [6, 6.07) is 24.2. The first kappa shape index (κ1) is 23.1. The third-order valence-electron chi connectivity index (χ3n) is 5.50. The maximum Gasteiger partial charge on any atom is 0.170 e. The molecule has 4 aromatic rings. The molecule has 0 fully saturated rings. The van der Waals surface area contributed by atoms with Crippen LogP contribution in [0, 0.1) is 0 Å². The molecule has 0 spiro atoms. The minimum Gasteiger partial charge on any atom is -0.361 e. The van der Waals surface area contributed by atoms with Gasteiger partial charge in [0.15, 0.2) is 5.16 Å². The number of benzene rings is 3. The Hall–Kier alpha value is -2.05. The van der Waals surface area contributed by atoms with Crippen LogP contribution in [0.15, 0.2) is 71.9 Å². The van der Waals surface area contributed by atoms with Crippen LogP contribution < -0.4 is 0 Å². The predicted octanol–water partition coefficient (Wildman–Crippen LogP) is 8.06. The molecule has 166 valence electrons. The molecule has 0 unspecified atom stereocenters. The van der Waals surface area contributed by atoms with Crippen LogP contribution in [0.1, 0.15) is 0 Å². The third kappa shape index (κ3) is 5.29. The van der Waals surface area contributed by atoms with E-state index in [1.807, 2.05) is 18.4 Å². The van der Waals surface area contributed by atoms with Gasteiger partial charge in [0.05, 0.1) is 16.1 Å². The van der Waals surface area contributed by atoms with E-state index >= 15 is 0 Å². The first-order chi connectivity index (χ1) is 15.4. The van der Waals surface area contributed by atoms with Crippen molar-refractivity contribution in [2.75, 3.05) is 12.9 Å². The van der Waals surface area contributed by atoms with Gasteiger partial charge in [0.2, 0.25) is 0 Å². The molecule has 6 heteroatoms. The quantitative estimate of drug-likeness (QED) is 0.145. The maximum atomic E-state index is 6.76. The van der Waals surface area contributed by atoms with E-state index in [0.717, 1.165) is 45.0 Å². The summed E-state index contributed by atoms with van der Waals surface area (Å²) in [5.41, 5.74) is 6.43. The van der Waals surface area contributed by atoms with Crippen molar-refractivity contribution in [1.29, 1.82) is 0 Å². The number of fused-ring (bicyclic) bond motifs is 1. The first-order valence-corrected chi connectivity index (χ1v) is 16.1. The van der Waals surface area contributed by atoms with Crippen LogP contribution in [-0.4, -0.2) is 30.5 Å². The minimum absolute atomic E-state index is 0.499. The number of thioether (sulfide) groups is 1. The van der Waals surface area contributed by atoms with E-state index < -0.39 is 8.07 Å². The number of nitrogens with zero attached hydrogens (tertiary/aromatic N) is 2. The van der Waals surface area contributed by atoms with E-state index in [-0.39, 0.29) is 0 Å². The summed E-state index contributed by atoms with van der Waals surface area (Å²) >= 11 is 8.39. The Morgan fingerprint density at radius 3 is 2.25 bits per heavy atom. The molecule has 3 nitrogen and oxygen atoms in total. The molecule has 0 aliphatic rings. The van der Waals surface area contributed by atoms with E-state index in [1.165, 1.54) is 11.1 Å². The van der Waals surface area contributed by atoms with Gasteiger partial charge in [-0.1, -0.05) is 97.6 Å². The Morgan fingerprint density at radius 2 is 1.59 bits per heavy atom. The van der Waals surface area contributed by atoms with E-state index in [0.29, 0.717) is 6.73 Å². The molecule has 3 aromatic carbocycles. The van der Waals surface area contributed by atoms with Gasteiger partial charge in [-0.15, -0.1) is 0 Å². The topological polar surface area (TPSA) is 27.1 Å². The summed E-state index contributed by atoms with van der Waals surface area (Å²) in [4.78, 5) is 4.85. The number of ether oxygens (including phenoxy) is 1. The molecule has 0 radical (unpaired) electrons. The zero-order chi connectivity index (χ0) is 22.7. The van der Waals surface area contributed by atoms with Crippen LogP contribution in [0.5, 0.6) is 0 Å². The predicted molar refractivity (Wildman–Crippen MR) is 142 cm³/mol. The highest BCUT2D eigenvalue weighted by Crippen LogP contribution is 2.35. The van der Waals surface area contributed by atoms with Gasteiger partial charge in [-0.05, 0) is 41.1 Å². The smallest absolute Gasteiger partial charge is 0.170 e. The zero-order valence-corrected chi connectivity index (χ0v) is 21.6. The first-order valence-electron chi connectivity index (χ1n) is 10.8. The fraction of sp³-hybridized carbons (Fsp3) is 0.269. The van der Waals surface area contributed by atoms with Gasteiger partial charge in [0.1, 0.15) is 6.73 Å². The van der Waals surface area contributed by atoms with Crippen LogP contribution in [0.3, 0.4) is 0 Å². The highest BCUT2D eigenvalue weighted by atomic mass is 35.5. The summed E-state index contributed by atoms with van der Waals surface area (Å²) in [7, 11) is -1.11. The lowest BCUT2D eigenvalue weighted by molar-refractivity contribution is 0.0843. The Kier molecular flexibility index (Phi) is 7.10. The number of imidazole rings is 1. The van der Waals surface area contributed by atoms with Crippen LogP contribution in [0.25, 0.3) is 33.3 Å². The fourth-order valence-electron chi connectivity index (χ4n) is 3.63.